The van der Waals surface area contributed by atoms with Crippen LogP contribution in [0.3, 0.4) is 0 Å². The minimum atomic E-state index is -0.193. The molecule has 0 saturated heterocycles. The maximum atomic E-state index is 12.8. The molecule has 0 aliphatic heterocycles. The van der Waals surface area contributed by atoms with Gasteiger partial charge in [-0.1, -0.05) is 50.7 Å². The molecule has 0 fully saturated rings. The van der Waals surface area contributed by atoms with Gasteiger partial charge in [-0.05, 0) is 31.6 Å². The number of benzene rings is 1. The van der Waals surface area contributed by atoms with Crippen molar-refractivity contribution in [3.05, 3.63) is 46.2 Å². The molecular weight excluding hydrogens is 358 g/mol. The van der Waals surface area contributed by atoms with E-state index in [2.05, 4.69) is 23.7 Å². The fourth-order valence-electron chi connectivity index (χ4n) is 2.54. The molecule has 0 spiro atoms. The third-order valence-corrected chi connectivity index (χ3v) is 4.94. The third kappa shape index (κ3) is 5.23. The van der Waals surface area contributed by atoms with E-state index in [1.54, 1.807) is 4.57 Å². The summed E-state index contributed by atoms with van der Waals surface area (Å²) in [5.74, 6) is 0.659. The Bertz CT molecular complexity index is 718. The number of rotatable bonds is 8. The van der Waals surface area contributed by atoms with Crippen molar-refractivity contribution in [2.24, 2.45) is 0 Å². The van der Waals surface area contributed by atoms with Gasteiger partial charge in [0.15, 0.2) is 5.16 Å². The van der Waals surface area contributed by atoms with Gasteiger partial charge in [-0.2, -0.15) is 4.98 Å². The molecule has 2 aromatic rings. The SMILES string of the molecule is CCc1c(O)nc(SCCN(CC)CC)n(-c2ccccc2)c1=O.Cl. The van der Waals surface area contributed by atoms with Gasteiger partial charge < -0.3 is 10.0 Å². The summed E-state index contributed by atoms with van der Waals surface area (Å²) >= 11 is 1.50. The number of aromatic hydroxyl groups is 1. The molecule has 0 aliphatic rings. The van der Waals surface area contributed by atoms with Gasteiger partial charge in [-0.25, -0.2) is 0 Å². The predicted octanol–water partition coefficient (Wildman–Crippen LogP) is 3.36. The molecule has 2 rings (SSSR count). The minimum Gasteiger partial charge on any atom is -0.493 e. The van der Waals surface area contributed by atoms with Gasteiger partial charge in [0.05, 0.1) is 11.3 Å². The zero-order valence-corrected chi connectivity index (χ0v) is 16.6. The van der Waals surface area contributed by atoms with Gasteiger partial charge in [-0.3, -0.25) is 9.36 Å². The topological polar surface area (TPSA) is 58.4 Å². The zero-order valence-electron chi connectivity index (χ0n) is 14.9. The second-order valence-electron chi connectivity index (χ2n) is 5.40. The highest BCUT2D eigenvalue weighted by Crippen LogP contribution is 2.22. The third-order valence-electron chi connectivity index (χ3n) is 4.03. The van der Waals surface area contributed by atoms with Crippen LogP contribution in [0.15, 0.2) is 40.3 Å². The quantitative estimate of drug-likeness (QED) is 0.559. The van der Waals surface area contributed by atoms with Crippen LogP contribution in [0, 0.1) is 0 Å². The Labute approximate surface area is 159 Å². The van der Waals surface area contributed by atoms with Crippen LogP contribution in [0.2, 0.25) is 0 Å². The maximum absolute atomic E-state index is 12.8. The van der Waals surface area contributed by atoms with Gasteiger partial charge in [0, 0.05) is 12.3 Å². The highest BCUT2D eigenvalue weighted by molar-refractivity contribution is 7.99. The number of thioether (sulfide) groups is 1. The molecule has 0 saturated carbocycles. The molecule has 1 heterocycles. The zero-order chi connectivity index (χ0) is 17.5. The summed E-state index contributed by atoms with van der Waals surface area (Å²) in [7, 11) is 0. The van der Waals surface area contributed by atoms with Gasteiger partial charge in [0.25, 0.3) is 5.56 Å². The Hall–Kier alpha value is -1.50. The van der Waals surface area contributed by atoms with Crippen LogP contribution in [0.4, 0.5) is 0 Å². The smallest absolute Gasteiger partial charge is 0.265 e. The van der Waals surface area contributed by atoms with E-state index in [0.29, 0.717) is 17.1 Å². The highest BCUT2D eigenvalue weighted by atomic mass is 35.5. The number of aromatic nitrogens is 2. The van der Waals surface area contributed by atoms with Crippen molar-refractivity contribution in [1.29, 1.82) is 0 Å². The van der Waals surface area contributed by atoms with Gasteiger partial charge in [0.1, 0.15) is 0 Å². The normalized spacial score (nSPS) is 10.7. The molecule has 5 nitrogen and oxygen atoms in total. The van der Waals surface area contributed by atoms with Gasteiger partial charge >= 0.3 is 0 Å². The molecule has 0 aliphatic carbocycles. The number of para-hydroxylation sites is 1. The highest BCUT2D eigenvalue weighted by Gasteiger charge is 2.16. The molecule has 138 valence electrons. The van der Waals surface area contributed by atoms with Crippen LogP contribution in [0.5, 0.6) is 5.88 Å². The summed E-state index contributed by atoms with van der Waals surface area (Å²) in [5, 5.41) is 10.6. The molecule has 0 bridgehead atoms. The molecular formula is C18H26ClN3O2S. The van der Waals surface area contributed by atoms with Crippen molar-refractivity contribution in [3.8, 4) is 11.6 Å². The Morgan fingerprint density at radius 1 is 1.16 bits per heavy atom. The van der Waals surface area contributed by atoms with Gasteiger partial charge in [-0.15, -0.1) is 12.4 Å². The first-order chi connectivity index (χ1) is 11.6. The number of hydrogen-bond acceptors (Lipinski definition) is 5. The summed E-state index contributed by atoms with van der Waals surface area (Å²) in [4.78, 5) is 19.4. The lowest BCUT2D eigenvalue weighted by atomic mass is 10.2. The molecule has 7 heteroatoms. The molecule has 0 amide bonds. The molecule has 1 N–H and O–H groups in total. The van der Waals surface area contributed by atoms with E-state index in [1.807, 2.05) is 37.3 Å². The average molecular weight is 384 g/mol. The van der Waals surface area contributed by atoms with Crippen molar-refractivity contribution in [2.75, 3.05) is 25.4 Å². The second kappa shape index (κ2) is 10.5. The fourth-order valence-corrected chi connectivity index (χ4v) is 3.54. The van der Waals surface area contributed by atoms with Crippen LogP contribution in [-0.2, 0) is 6.42 Å². The Balaban J connectivity index is 0.00000312. The second-order valence-corrected chi connectivity index (χ2v) is 6.46. The van der Waals surface area contributed by atoms with Crippen molar-refractivity contribution >= 4 is 24.2 Å². The van der Waals surface area contributed by atoms with E-state index in [1.165, 1.54) is 11.8 Å². The first kappa shape index (κ1) is 21.5. The molecule has 0 unspecified atom stereocenters. The summed E-state index contributed by atoms with van der Waals surface area (Å²) in [6.07, 6.45) is 0.453. The largest absolute Gasteiger partial charge is 0.493 e. The Morgan fingerprint density at radius 3 is 2.36 bits per heavy atom. The van der Waals surface area contributed by atoms with Crippen molar-refractivity contribution < 1.29 is 5.11 Å². The van der Waals surface area contributed by atoms with Crippen molar-refractivity contribution in [2.45, 2.75) is 32.3 Å². The van der Waals surface area contributed by atoms with E-state index < -0.39 is 0 Å². The van der Waals surface area contributed by atoms with E-state index in [0.717, 1.165) is 31.1 Å². The summed E-state index contributed by atoms with van der Waals surface area (Å²) in [6, 6.07) is 9.47. The Kier molecular flexibility index (Phi) is 9.03. The van der Waals surface area contributed by atoms with Crippen LogP contribution in [0.1, 0.15) is 26.3 Å². The van der Waals surface area contributed by atoms with Crippen LogP contribution in [0.25, 0.3) is 5.69 Å². The average Bonchev–Trinajstić information content (AvgIpc) is 2.59. The van der Waals surface area contributed by atoms with E-state index >= 15 is 0 Å². The van der Waals surface area contributed by atoms with Crippen LogP contribution >= 0.6 is 24.2 Å². The van der Waals surface area contributed by atoms with Crippen molar-refractivity contribution in [3.63, 3.8) is 0 Å². The lowest BCUT2D eigenvalue weighted by Crippen LogP contribution is -2.27. The lowest BCUT2D eigenvalue weighted by Gasteiger charge is -2.18. The summed E-state index contributed by atoms with van der Waals surface area (Å²) in [6.45, 7) is 9.02. The lowest BCUT2D eigenvalue weighted by molar-refractivity contribution is 0.323. The van der Waals surface area contributed by atoms with Gasteiger partial charge in [0.2, 0.25) is 5.88 Å². The monoisotopic (exact) mass is 383 g/mol. The summed E-state index contributed by atoms with van der Waals surface area (Å²) in [5.41, 5.74) is 0.934. The molecule has 1 aromatic carbocycles. The Morgan fingerprint density at radius 2 is 1.80 bits per heavy atom. The van der Waals surface area contributed by atoms with Crippen molar-refractivity contribution in [1.82, 2.24) is 14.5 Å². The van der Waals surface area contributed by atoms with Crippen LogP contribution in [-0.4, -0.2) is 44.9 Å². The standard InChI is InChI=1S/C18H25N3O2S.ClH/c1-4-15-16(22)19-18(24-13-12-20(5-2)6-3)21(17(15)23)14-10-8-7-9-11-14;/h7-11,22H,4-6,12-13H2,1-3H3;1H. The minimum absolute atomic E-state index is 0. The molecule has 25 heavy (non-hydrogen) atoms. The first-order valence-electron chi connectivity index (χ1n) is 8.37. The number of hydrogen-bond donors (Lipinski definition) is 1. The fraction of sp³-hybridized carbons (Fsp3) is 0.444. The molecule has 0 radical (unpaired) electrons. The molecule has 0 atom stereocenters. The van der Waals surface area contributed by atoms with E-state index in [9.17, 15) is 9.90 Å². The molecule has 1 aromatic heterocycles. The number of halogens is 1. The summed E-state index contributed by atoms with van der Waals surface area (Å²) < 4.78 is 1.60. The van der Waals surface area contributed by atoms with E-state index in [4.69, 9.17) is 0 Å². The first-order valence-corrected chi connectivity index (χ1v) is 9.36. The van der Waals surface area contributed by atoms with Crippen LogP contribution < -0.4 is 5.56 Å². The van der Waals surface area contributed by atoms with E-state index in [-0.39, 0.29) is 23.8 Å². The maximum Gasteiger partial charge on any atom is 0.265 e. The number of nitrogens with zero attached hydrogens (tertiary/aromatic N) is 3. The predicted molar refractivity (Wildman–Crippen MR) is 107 cm³/mol.